The molecule has 1 atom stereocenters. The van der Waals surface area contributed by atoms with E-state index in [1.54, 1.807) is 6.47 Å². The Morgan fingerprint density at radius 1 is 1.27 bits per heavy atom. The van der Waals surface area contributed by atoms with E-state index in [9.17, 15) is 4.79 Å². The van der Waals surface area contributed by atoms with Gasteiger partial charge in [0, 0.05) is 0 Å². The Morgan fingerprint density at radius 2 is 1.93 bits per heavy atom. The van der Waals surface area contributed by atoms with E-state index in [4.69, 9.17) is 4.74 Å². The van der Waals surface area contributed by atoms with Crippen molar-refractivity contribution in [2.75, 3.05) is 0 Å². The zero-order valence-corrected chi connectivity index (χ0v) is 9.32. The Bertz CT molecular complexity index is 295. The second-order valence-electron chi connectivity index (χ2n) is 3.65. The predicted molar refractivity (Wildman–Crippen MR) is 60.1 cm³/mol. The van der Waals surface area contributed by atoms with E-state index in [1.807, 2.05) is 37.3 Å². The summed E-state index contributed by atoms with van der Waals surface area (Å²) in [6, 6.07) is 9.88. The summed E-state index contributed by atoms with van der Waals surface area (Å²) in [6.07, 6.45) is 2.59. The van der Waals surface area contributed by atoms with Crippen molar-refractivity contribution in [3.63, 3.8) is 0 Å². The first-order valence-corrected chi connectivity index (χ1v) is 5.39. The fraction of sp³-hybridized carbons (Fsp3) is 0.462. The Hall–Kier alpha value is -1.31. The van der Waals surface area contributed by atoms with Crippen LogP contribution in [0.2, 0.25) is 0 Å². The molecule has 1 radical (unpaired) electrons. The third kappa shape index (κ3) is 2.58. The summed E-state index contributed by atoms with van der Waals surface area (Å²) in [6.45, 7) is 5.71. The molecule has 0 aromatic heterocycles. The molecule has 2 heteroatoms. The number of hydrogen-bond donors (Lipinski definition) is 0. The van der Waals surface area contributed by atoms with Crippen LogP contribution >= 0.6 is 0 Å². The first kappa shape index (κ1) is 11.8. The average molecular weight is 205 g/mol. The van der Waals surface area contributed by atoms with Crippen molar-refractivity contribution in [1.82, 2.24) is 0 Å². The number of benzene rings is 1. The van der Waals surface area contributed by atoms with Crippen LogP contribution in [0.15, 0.2) is 30.3 Å². The predicted octanol–water partition coefficient (Wildman–Crippen LogP) is 3.18. The Balaban J connectivity index is 3.02. The summed E-state index contributed by atoms with van der Waals surface area (Å²) in [5.41, 5.74) is 0.565. The van der Waals surface area contributed by atoms with Gasteiger partial charge in [0.1, 0.15) is 5.60 Å². The van der Waals surface area contributed by atoms with Gasteiger partial charge in [0.2, 0.25) is 0 Å². The van der Waals surface area contributed by atoms with Crippen LogP contribution in [0, 0.1) is 0 Å². The van der Waals surface area contributed by atoms with Gasteiger partial charge in [-0.15, -0.1) is 0 Å². The highest BCUT2D eigenvalue weighted by Gasteiger charge is 2.31. The molecule has 1 aromatic carbocycles. The van der Waals surface area contributed by atoms with E-state index < -0.39 is 5.60 Å². The molecular weight excluding hydrogens is 188 g/mol. The van der Waals surface area contributed by atoms with Gasteiger partial charge in [-0.2, -0.15) is 0 Å². The minimum absolute atomic E-state index is 0.488. The molecule has 15 heavy (non-hydrogen) atoms. The second-order valence-corrected chi connectivity index (χ2v) is 3.65. The molecule has 1 rings (SSSR count). The molecule has 0 aliphatic rings. The normalized spacial score (nSPS) is 14.3. The van der Waals surface area contributed by atoms with Crippen molar-refractivity contribution in [1.29, 1.82) is 0 Å². The van der Waals surface area contributed by atoms with Crippen LogP contribution in [0.5, 0.6) is 0 Å². The van der Waals surface area contributed by atoms with Gasteiger partial charge in [-0.1, -0.05) is 50.6 Å². The number of carbonyl (C=O) groups excluding carboxylic acids is 1. The third-order valence-corrected chi connectivity index (χ3v) is 2.76. The number of hydrogen-bond acceptors (Lipinski definition) is 2. The molecule has 0 amide bonds. The standard InChI is InChI=1S/C13H17O2/c1-3-10-13(4-2,15-11-14)12-8-6-5-7-9-12/h5-9H,3-4,10H2,1-2H3. The van der Waals surface area contributed by atoms with E-state index in [-0.39, 0.29) is 0 Å². The van der Waals surface area contributed by atoms with E-state index in [2.05, 4.69) is 6.92 Å². The van der Waals surface area contributed by atoms with Gasteiger partial charge in [-0.25, -0.2) is 4.79 Å². The molecule has 0 aliphatic heterocycles. The summed E-state index contributed by atoms with van der Waals surface area (Å²) >= 11 is 0. The minimum atomic E-state index is -0.488. The second kappa shape index (κ2) is 5.54. The molecule has 0 heterocycles. The van der Waals surface area contributed by atoms with Gasteiger partial charge >= 0.3 is 6.47 Å². The lowest BCUT2D eigenvalue weighted by molar-refractivity contribution is 0.0339. The maximum absolute atomic E-state index is 10.5. The number of ether oxygens (including phenoxy) is 1. The smallest absolute Gasteiger partial charge is 0.418 e. The monoisotopic (exact) mass is 205 g/mol. The highest BCUT2D eigenvalue weighted by atomic mass is 16.5. The Morgan fingerprint density at radius 3 is 2.40 bits per heavy atom. The highest BCUT2D eigenvalue weighted by molar-refractivity contribution is 5.41. The molecule has 0 fully saturated rings. The maximum Gasteiger partial charge on any atom is 0.418 e. The van der Waals surface area contributed by atoms with Gasteiger partial charge in [-0.3, -0.25) is 0 Å². The lowest BCUT2D eigenvalue weighted by Gasteiger charge is -2.30. The average Bonchev–Trinajstić information content (AvgIpc) is 2.30. The van der Waals surface area contributed by atoms with Crippen LogP contribution in [-0.4, -0.2) is 6.47 Å². The minimum Gasteiger partial charge on any atom is -0.446 e. The van der Waals surface area contributed by atoms with Crippen molar-refractivity contribution in [2.24, 2.45) is 0 Å². The summed E-state index contributed by atoms with van der Waals surface area (Å²) in [4.78, 5) is 10.5. The van der Waals surface area contributed by atoms with Crippen molar-refractivity contribution < 1.29 is 9.53 Å². The molecule has 2 nitrogen and oxygen atoms in total. The number of rotatable bonds is 6. The van der Waals surface area contributed by atoms with Gasteiger partial charge < -0.3 is 4.74 Å². The molecule has 81 valence electrons. The van der Waals surface area contributed by atoms with Crippen molar-refractivity contribution in [2.45, 2.75) is 38.7 Å². The quantitative estimate of drug-likeness (QED) is 0.713. The van der Waals surface area contributed by atoms with Crippen LogP contribution < -0.4 is 0 Å². The first-order valence-electron chi connectivity index (χ1n) is 5.39. The first-order chi connectivity index (χ1) is 7.29. The fourth-order valence-corrected chi connectivity index (χ4v) is 1.93. The van der Waals surface area contributed by atoms with Gasteiger partial charge in [0.15, 0.2) is 0 Å². The van der Waals surface area contributed by atoms with E-state index >= 15 is 0 Å². The van der Waals surface area contributed by atoms with Gasteiger partial charge in [0.25, 0.3) is 0 Å². The largest absolute Gasteiger partial charge is 0.446 e. The summed E-state index contributed by atoms with van der Waals surface area (Å²) in [5.74, 6) is 0. The molecule has 0 bridgehead atoms. The van der Waals surface area contributed by atoms with Crippen LogP contribution in [0.25, 0.3) is 0 Å². The van der Waals surface area contributed by atoms with Crippen LogP contribution in [0.3, 0.4) is 0 Å². The summed E-state index contributed by atoms with van der Waals surface area (Å²) in [7, 11) is 0. The molecule has 0 saturated carbocycles. The lowest BCUT2D eigenvalue weighted by atomic mass is 9.87. The zero-order chi connectivity index (χ0) is 11.1. The fourth-order valence-electron chi connectivity index (χ4n) is 1.93. The molecule has 1 aromatic rings. The van der Waals surface area contributed by atoms with Crippen molar-refractivity contribution in [3.05, 3.63) is 35.9 Å². The van der Waals surface area contributed by atoms with Crippen LogP contribution in [-0.2, 0) is 15.1 Å². The lowest BCUT2D eigenvalue weighted by Crippen LogP contribution is -2.28. The van der Waals surface area contributed by atoms with Crippen LogP contribution in [0.1, 0.15) is 38.7 Å². The molecule has 0 aliphatic carbocycles. The van der Waals surface area contributed by atoms with Gasteiger partial charge in [-0.05, 0) is 18.4 Å². The molecular formula is C13H17O2. The zero-order valence-electron chi connectivity index (χ0n) is 9.32. The highest BCUT2D eigenvalue weighted by Crippen LogP contribution is 2.33. The maximum atomic E-state index is 10.5. The van der Waals surface area contributed by atoms with Gasteiger partial charge in [0.05, 0.1) is 0 Å². The topological polar surface area (TPSA) is 26.3 Å². The summed E-state index contributed by atoms with van der Waals surface area (Å²) < 4.78 is 5.20. The van der Waals surface area contributed by atoms with E-state index in [0.717, 1.165) is 24.8 Å². The van der Waals surface area contributed by atoms with E-state index in [1.165, 1.54) is 0 Å². The Labute approximate surface area is 91.3 Å². The third-order valence-electron chi connectivity index (χ3n) is 2.76. The van der Waals surface area contributed by atoms with Crippen molar-refractivity contribution >= 4 is 6.47 Å². The van der Waals surface area contributed by atoms with Crippen molar-refractivity contribution in [3.8, 4) is 0 Å². The SMILES string of the molecule is CCCC(CC)(O[C]=O)c1ccccc1. The molecule has 0 spiro atoms. The Kier molecular flexibility index (Phi) is 4.35. The summed E-state index contributed by atoms with van der Waals surface area (Å²) in [5, 5.41) is 0. The molecule has 0 saturated heterocycles. The van der Waals surface area contributed by atoms with Crippen LogP contribution in [0.4, 0.5) is 0 Å². The molecule has 0 N–H and O–H groups in total. The molecule has 1 unspecified atom stereocenters. The van der Waals surface area contributed by atoms with E-state index in [0.29, 0.717) is 0 Å².